The van der Waals surface area contributed by atoms with E-state index in [4.69, 9.17) is 23.7 Å². The van der Waals surface area contributed by atoms with Gasteiger partial charge in [0, 0.05) is 70.8 Å². The first-order valence-electron chi connectivity index (χ1n) is 14.2. The van der Waals surface area contributed by atoms with E-state index in [0.29, 0.717) is 11.1 Å². The number of rotatable bonds is 6. The van der Waals surface area contributed by atoms with Crippen molar-refractivity contribution in [3.05, 3.63) is 11.1 Å². The molecule has 12 heteroatoms. The first-order valence-corrected chi connectivity index (χ1v) is 14.2. The molecule has 3 rings (SSSR count). The summed E-state index contributed by atoms with van der Waals surface area (Å²) in [6.45, 7) is 12.7. The molecule has 3 aliphatic rings. The molecule has 0 aromatic rings. The lowest BCUT2D eigenvalue weighted by Gasteiger charge is -2.62. The molecule has 2 bridgehead atoms. The van der Waals surface area contributed by atoms with E-state index in [9.17, 15) is 34.2 Å². The Kier molecular flexibility index (Phi) is 9.83. The minimum Gasteiger partial charge on any atom is -0.462 e. The molecule has 0 aromatic heterocycles. The molecule has 236 valence electrons. The van der Waals surface area contributed by atoms with Gasteiger partial charge in [0.25, 0.3) is 0 Å². The van der Waals surface area contributed by atoms with Crippen molar-refractivity contribution in [1.29, 1.82) is 0 Å². The van der Waals surface area contributed by atoms with Crippen molar-refractivity contribution >= 4 is 29.8 Å². The molecular formula is C30H44O12. The molecule has 0 spiro atoms. The van der Waals surface area contributed by atoms with Crippen LogP contribution in [0.1, 0.15) is 75.2 Å². The summed E-state index contributed by atoms with van der Waals surface area (Å²) in [4.78, 5) is 62.3. The van der Waals surface area contributed by atoms with Gasteiger partial charge < -0.3 is 33.9 Å². The van der Waals surface area contributed by atoms with Gasteiger partial charge in [-0.15, -0.1) is 0 Å². The SMILES string of the molecule is CC(=O)O[C@H]1[C@@H]2[C@H](CO)[C@@H](OC(C)=O)C[C@H](O)[C@@]2(C)[C@@H](OC(C)=O)[C@H](OC(C)=O)C2=C(C)[C@@H](OC(C)=O)C[C@@H]1C2(C)C. The Morgan fingerprint density at radius 3 is 1.79 bits per heavy atom. The fraction of sp³-hybridized carbons (Fsp3) is 0.767. The van der Waals surface area contributed by atoms with Gasteiger partial charge in [0.15, 0.2) is 12.2 Å². The second-order valence-corrected chi connectivity index (χ2v) is 12.5. The maximum absolute atomic E-state index is 12.7. The Morgan fingerprint density at radius 1 is 0.786 bits per heavy atom. The average Bonchev–Trinajstić information content (AvgIpc) is 2.82. The van der Waals surface area contributed by atoms with E-state index < -0.39 is 102 Å². The summed E-state index contributed by atoms with van der Waals surface area (Å²) in [5.74, 6) is -5.72. The molecule has 0 saturated heterocycles. The summed E-state index contributed by atoms with van der Waals surface area (Å²) < 4.78 is 29.2. The smallest absolute Gasteiger partial charge is 0.303 e. The van der Waals surface area contributed by atoms with Crippen LogP contribution >= 0.6 is 0 Å². The highest BCUT2D eigenvalue weighted by Crippen LogP contribution is 2.61. The first-order chi connectivity index (χ1) is 19.4. The first kappa shape index (κ1) is 33.5. The Morgan fingerprint density at radius 2 is 1.31 bits per heavy atom. The highest BCUT2D eigenvalue weighted by Gasteiger charge is 2.68. The highest BCUT2D eigenvalue weighted by molar-refractivity contribution is 5.69. The number of carbonyl (C=O) groups is 5. The van der Waals surface area contributed by atoms with Crippen molar-refractivity contribution in [3.63, 3.8) is 0 Å². The van der Waals surface area contributed by atoms with Crippen LogP contribution in [0.2, 0.25) is 0 Å². The van der Waals surface area contributed by atoms with Crippen molar-refractivity contribution < 1.29 is 57.9 Å². The summed E-state index contributed by atoms with van der Waals surface area (Å²) in [6, 6.07) is 0. The molecule has 3 aliphatic carbocycles. The van der Waals surface area contributed by atoms with Crippen molar-refractivity contribution in [1.82, 2.24) is 0 Å². The average molecular weight is 597 g/mol. The third-order valence-electron chi connectivity index (χ3n) is 9.47. The molecule has 10 atom stereocenters. The normalized spacial score (nSPS) is 37.3. The van der Waals surface area contributed by atoms with Crippen LogP contribution in [0.15, 0.2) is 11.1 Å². The fourth-order valence-electron chi connectivity index (χ4n) is 7.92. The molecule has 0 radical (unpaired) electrons. The number of ether oxygens (including phenoxy) is 5. The molecular weight excluding hydrogens is 552 g/mol. The fourth-order valence-corrected chi connectivity index (χ4v) is 7.92. The van der Waals surface area contributed by atoms with Gasteiger partial charge in [-0.3, -0.25) is 24.0 Å². The maximum atomic E-state index is 12.7. The molecule has 0 unspecified atom stereocenters. The number of hydrogen-bond acceptors (Lipinski definition) is 12. The Bertz CT molecular complexity index is 1140. The van der Waals surface area contributed by atoms with Crippen LogP contribution in [-0.2, 0) is 47.7 Å². The molecule has 2 saturated carbocycles. The van der Waals surface area contributed by atoms with Crippen LogP contribution in [0, 0.1) is 28.6 Å². The molecule has 0 heterocycles. The van der Waals surface area contributed by atoms with E-state index in [1.807, 2.05) is 13.8 Å². The van der Waals surface area contributed by atoms with Crippen molar-refractivity contribution in [2.75, 3.05) is 6.61 Å². The molecule has 0 amide bonds. The van der Waals surface area contributed by atoms with Gasteiger partial charge in [0.05, 0.1) is 6.10 Å². The predicted octanol–water partition coefficient (Wildman–Crippen LogP) is 2.02. The molecule has 42 heavy (non-hydrogen) atoms. The van der Waals surface area contributed by atoms with Crippen LogP contribution in [0.25, 0.3) is 0 Å². The zero-order valence-electron chi connectivity index (χ0n) is 25.8. The Hall–Kier alpha value is -2.99. The van der Waals surface area contributed by atoms with E-state index in [2.05, 4.69) is 0 Å². The zero-order valence-corrected chi connectivity index (χ0v) is 25.8. The van der Waals surface area contributed by atoms with Crippen LogP contribution in [0.3, 0.4) is 0 Å². The predicted molar refractivity (Wildman–Crippen MR) is 145 cm³/mol. The Labute approximate surface area is 246 Å². The lowest BCUT2D eigenvalue weighted by atomic mass is 9.47. The summed E-state index contributed by atoms with van der Waals surface area (Å²) in [5.41, 5.74) is -1.32. The monoisotopic (exact) mass is 596 g/mol. The molecule has 2 fully saturated rings. The van der Waals surface area contributed by atoms with Crippen LogP contribution < -0.4 is 0 Å². The third-order valence-corrected chi connectivity index (χ3v) is 9.47. The van der Waals surface area contributed by atoms with E-state index >= 15 is 0 Å². The molecule has 2 N–H and O–H groups in total. The number of aliphatic hydroxyl groups excluding tert-OH is 2. The minimum atomic E-state index is -1.50. The van der Waals surface area contributed by atoms with Gasteiger partial charge in [0.2, 0.25) is 0 Å². The van der Waals surface area contributed by atoms with Gasteiger partial charge in [0.1, 0.15) is 18.3 Å². The second-order valence-electron chi connectivity index (χ2n) is 12.5. The van der Waals surface area contributed by atoms with Gasteiger partial charge >= 0.3 is 29.8 Å². The van der Waals surface area contributed by atoms with Crippen LogP contribution in [-0.4, -0.2) is 83.3 Å². The summed E-state index contributed by atoms with van der Waals surface area (Å²) in [5, 5.41) is 22.7. The number of hydrogen-bond donors (Lipinski definition) is 2. The standard InChI is InChI=1S/C30H44O12/c1-13-21(38-14(2)32)10-20-26(40-16(4)34)25-19(12-31)22(39-15(3)33)11-23(37)30(25,9)28(42-18(6)36)27(41-17(5)35)24(13)29(20,7)8/h19-23,25-28,31,37H,10-12H2,1-9H3/t19-,20+,21+,22+,23+,25+,26-,27-,28+,30-/m1/s1. The van der Waals surface area contributed by atoms with Crippen molar-refractivity contribution in [3.8, 4) is 0 Å². The summed E-state index contributed by atoms with van der Waals surface area (Å²) >= 11 is 0. The number of carbonyl (C=O) groups excluding carboxylic acids is 5. The lowest BCUT2D eigenvalue weighted by molar-refractivity contribution is -0.254. The van der Waals surface area contributed by atoms with E-state index in [1.165, 1.54) is 34.6 Å². The van der Waals surface area contributed by atoms with Crippen LogP contribution in [0.4, 0.5) is 0 Å². The van der Waals surface area contributed by atoms with E-state index in [1.54, 1.807) is 13.8 Å². The van der Waals surface area contributed by atoms with Gasteiger partial charge in [-0.2, -0.15) is 0 Å². The largest absolute Gasteiger partial charge is 0.462 e. The van der Waals surface area contributed by atoms with Crippen molar-refractivity contribution in [2.45, 2.75) is 112 Å². The summed E-state index contributed by atoms with van der Waals surface area (Å²) in [7, 11) is 0. The summed E-state index contributed by atoms with van der Waals surface area (Å²) in [6.07, 6.45) is -6.68. The molecule has 0 aromatic carbocycles. The van der Waals surface area contributed by atoms with Gasteiger partial charge in [-0.25, -0.2) is 0 Å². The maximum Gasteiger partial charge on any atom is 0.303 e. The number of esters is 5. The minimum absolute atomic E-state index is 0.128. The van der Waals surface area contributed by atoms with Crippen molar-refractivity contribution in [2.24, 2.45) is 28.6 Å². The highest BCUT2D eigenvalue weighted by atomic mass is 16.6. The quantitative estimate of drug-likeness (QED) is 0.260. The zero-order chi connectivity index (χ0) is 31.9. The van der Waals surface area contributed by atoms with E-state index in [-0.39, 0.29) is 12.8 Å². The van der Waals surface area contributed by atoms with Crippen LogP contribution in [0.5, 0.6) is 0 Å². The number of aliphatic hydroxyl groups is 2. The Balaban J connectivity index is 2.49. The lowest BCUT2D eigenvalue weighted by Crippen LogP contribution is -2.70. The van der Waals surface area contributed by atoms with Gasteiger partial charge in [-0.1, -0.05) is 20.8 Å². The van der Waals surface area contributed by atoms with Gasteiger partial charge in [-0.05, 0) is 29.9 Å². The second kappa shape index (κ2) is 12.3. The molecule has 0 aliphatic heterocycles. The topological polar surface area (TPSA) is 172 Å². The number of fused-ring (bicyclic) bond motifs is 3. The van der Waals surface area contributed by atoms with E-state index in [0.717, 1.165) is 0 Å². The third kappa shape index (κ3) is 6.06. The molecule has 12 nitrogen and oxygen atoms in total.